The molecule has 2 rings (SSSR count). The Kier molecular flexibility index (Phi) is 8.09. The SMILES string of the molecule is C[C@H](c1ccc(Cl)nc1)N1CCNCC1.Cl.Cl. The molecule has 1 aliphatic heterocycles. The van der Waals surface area contributed by atoms with Crippen molar-refractivity contribution in [2.24, 2.45) is 0 Å². The standard InChI is InChI=1S/C11H16ClN3.2ClH/c1-9(15-6-4-13-5-7-15)10-2-3-11(12)14-8-10;;/h2-3,8-9,13H,4-7H2,1H3;2*1H/t9-;;/m1../s1. The van der Waals surface area contributed by atoms with Crippen LogP contribution in [-0.4, -0.2) is 36.1 Å². The molecule has 0 bridgehead atoms. The summed E-state index contributed by atoms with van der Waals surface area (Å²) in [6.45, 7) is 6.57. The van der Waals surface area contributed by atoms with E-state index in [1.807, 2.05) is 12.3 Å². The maximum Gasteiger partial charge on any atom is 0.129 e. The van der Waals surface area contributed by atoms with Crippen molar-refractivity contribution in [3.63, 3.8) is 0 Å². The highest BCUT2D eigenvalue weighted by atomic mass is 35.5. The smallest absolute Gasteiger partial charge is 0.129 e. The van der Waals surface area contributed by atoms with Gasteiger partial charge in [0.1, 0.15) is 5.15 Å². The van der Waals surface area contributed by atoms with Crippen molar-refractivity contribution in [2.45, 2.75) is 13.0 Å². The van der Waals surface area contributed by atoms with E-state index in [-0.39, 0.29) is 24.8 Å². The largest absolute Gasteiger partial charge is 0.314 e. The van der Waals surface area contributed by atoms with E-state index in [9.17, 15) is 0 Å². The number of nitrogens with zero attached hydrogens (tertiary/aromatic N) is 2. The Morgan fingerprint density at radius 3 is 2.47 bits per heavy atom. The first-order chi connectivity index (χ1) is 7.27. The Hall–Kier alpha value is -0.0600. The van der Waals surface area contributed by atoms with Gasteiger partial charge in [-0.1, -0.05) is 17.7 Å². The first-order valence-corrected chi connectivity index (χ1v) is 5.71. The van der Waals surface area contributed by atoms with Gasteiger partial charge in [-0.3, -0.25) is 4.90 Å². The molecule has 2 heterocycles. The van der Waals surface area contributed by atoms with Crippen LogP contribution in [0, 0.1) is 0 Å². The summed E-state index contributed by atoms with van der Waals surface area (Å²) in [7, 11) is 0. The third-order valence-electron chi connectivity index (χ3n) is 2.93. The fourth-order valence-electron chi connectivity index (χ4n) is 1.91. The van der Waals surface area contributed by atoms with Crippen LogP contribution in [0.2, 0.25) is 5.15 Å². The molecule has 1 aliphatic rings. The first kappa shape index (κ1) is 16.9. The minimum absolute atomic E-state index is 0. The second kappa shape index (κ2) is 8.11. The van der Waals surface area contributed by atoms with Crippen LogP contribution < -0.4 is 5.32 Å². The molecule has 6 heteroatoms. The molecule has 1 atom stereocenters. The summed E-state index contributed by atoms with van der Waals surface area (Å²) in [6, 6.07) is 4.34. The molecule has 0 spiro atoms. The van der Waals surface area contributed by atoms with Gasteiger partial charge in [-0.2, -0.15) is 0 Å². The van der Waals surface area contributed by atoms with Crippen LogP contribution in [0.5, 0.6) is 0 Å². The lowest BCUT2D eigenvalue weighted by Gasteiger charge is -2.32. The highest BCUT2D eigenvalue weighted by Gasteiger charge is 2.17. The van der Waals surface area contributed by atoms with Gasteiger partial charge in [0, 0.05) is 38.4 Å². The summed E-state index contributed by atoms with van der Waals surface area (Å²) in [5.74, 6) is 0. The molecule has 1 aromatic rings. The van der Waals surface area contributed by atoms with Crippen LogP contribution in [0.15, 0.2) is 18.3 Å². The number of aromatic nitrogens is 1. The molecule has 3 nitrogen and oxygen atoms in total. The lowest BCUT2D eigenvalue weighted by atomic mass is 10.1. The van der Waals surface area contributed by atoms with Gasteiger partial charge in [0.15, 0.2) is 0 Å². The fraction of sp³-hybridized carbons (Fsp3) is 0.545. The van der Waals surface area contributed by atoms with Crippen LogP contribution in [0.3, 0.4) is 0 Å². The van der Waals surface area contributed by atoms with E-state index in [0.717, 1.165) is 26.2 Å². The van der Waals surface area contributed by atoms with Crippen molar-refractivity contribution < 1.29 is 0 Å². The zero-order valence-corrected chi connectivity index (χ0v) is 12.1. The van der Waals surface area contributed by atoms with Gasteiger partial charge in [-0.25, -0.2) is 4.98 Å². The molecule has 1 fully saturated rings. The van der Waals surface area contributed by atoms with Gasteiger partial charge >= 0.3 is 0 Å². The normalized spacial score (nSPS) is 17.8. The van der Waals surface area contributed by atoms with Crippen molar-refractivity contribution in [1.82, 2.24) is 15.2 Å². The number of nitrogens with one attached hydrogen (secondary N) is 1. The Morgan fingerprint density at radius 1 is 1.29 bits per heavy atom. The second-order valence-electron chi connectivity index (χ2n) is 3.88. The molecular formula is C11H18Cl3N3. The van der Waals surface area contributed by atoms with Gasteiger partial charge in [0.2, 0.25) is 0 Å². The second-order valence-corrected chi connectivity index (χ2v) is 4.26. The first-order valence-electron chi connectivity index (χ1n) is 5.33. The van der Waals surface area contributed by atoms with E-state index >= 15 is 0 Å². The van der Waals surface area contributed by atoms with E-state index in [4.69, 9.17) is 11.6 Å². The van der Waals surface area contributed by atoms with E-state index in [0.29, 0.717) is 11.2 Å². The predicted molar refractivity (Wildman–Crippen MR) is 76.6 cm³/mol. The van der Waals surface area contributed by atoms with Crippen LogP contribution >= 0.6 is 36.4 Å². The molecule has 1 saturated heterocycles. The van der Waals surface area contributed by atoms with E-state index in [1.54, 1.807) is 0 Å². The predicted octanol–water partition coefficient (Wildman–Crippen LogP) is 2.54. The Morgan fingerprint density at radius 2 is 1.94 bits per heavy atom. The molecule has 0 radical (unpaired) electrons. The molecule has 17 heavy (non-hydrogen) atoms. The lowest BCUT2D eigenvalue weighted by molar-refractivity contribution is 0.185. The van der Waals surface area contributed by atoms with Gasteiger partial charge in [0.25, 0.3) is 0 Å². The average Bonchev–Trinajstić information content (AvgIpc) is 2.30. The van der Waals surface area contributed by atoms with Crippen LogP contribution in [0.25, 0.3) is 0 Å². The molecule has 0 saturated carbocycles. The number of hydrogen-bond acceptors (Lipinski definition) is 3. The summed E-state index contributed by atoms with van der Waals surface area (Å²) >= 11 is 5.77. The fourth-order valence-corrected chi connectivity index (χ4v) is 2.03. The van der Waals surface area contributed by atoms with Crippen molar-refractivity contribution in [1.29, 1.82) is 0 Å². The monoisotopic (exact) mass is 297 g/mol. The summed E-state index contributed by atoms with van der Waals surface area (Å²) < 4.78 is 0. The number of hydrogen-bond donors (Lipinski definition) is 1. The number of halogens is 3. The van der Waals surface area contributed by atoms with Crippen LogP contribution in [-0.2, 0) is 0 Å². The van der Waals surface area contributed by atoms with Gasteiger partial charge < -0.3 is 5.32 Å². The third-order valence-corrected chi connectivity index (χ3v) is 3.16. The zero-order valence-electron chi connectivity index (χ0n) is 9.73. The minimum atomic E-state index is 0. The number of rotatable bonds is 2. The van der Waals surface area contributed by atoms with E-state index < -0.39 is 0 Å². The topological polar surface area (TPSA) is 28.2 Å². The van der Waals surface area contributed by atoms with Crippen molar-refractivity contribution in [3.05, 3.63) is 29.0 Å². The van der Waals surface area contributed by atoms with Crippen LogP contribution in [0.4, 0.5) is 0 Å². The number of piperazine rings is 1. The molecule has 98 valence electrons. The summed E-state index contributed by atoms with van der Waals surface area (Å²) in [5.41, 5.74) is 1.24. The molecule has 0 unspecified atom stereocenters. The number of pyridine rings is 1. The van der Waals surface area contributed by atoms with Gasteiger partial charge in [-0.05, 0) is 18.6 Å². The van der Waals surface area contributed by atoms with Crippen molar-refractivity contribution in [3.8, 4) is 0 Å². The van der Waals surface area contributed by atoms with E-state index in [2.05, 4.69) is 28.2 Å². The van der Waals surface area contributed by atoms with Gasteiger partial charge in [0.05, 0.1) is 0 Å². The minimum Gasteiger partial charge on any atom is -0.314 e. The molecular weight excluding hydrogens is 281 g/mol. The maximum atomic E-state index is 5.77. The molecule has 0 aromatic carbocycles. The highest BCUT2D eigenvalue weighted by Crippen LogP contribution is 2.20. The quantitative estimate of drug-likeness (QED) is 0.851. The summed E-state index contributed by atoms with van der Waals surface area (Å²) in [5, 5.41) is 3.91. The Bertz CT molecular complexity index is 312. The maximum absolute atomic E-state index is 5.77. The Labute approximate surface area is 120 Å². The van der Waals surface area contributed by atoms with Gasteiger partial charge in [-0.15, -0.1) is 24.8 Å². The molecule has 1 N–H and O–H groups in total. The lowest BCUT2D eigenvalue weighted by Crippen LogP contribution is -2.44. The third kappa shape index (κ3) is 4.60. The molecule has 0 aliphatic carbocycles. The summed E-state index contributed by atoms with van der Waals surface area (Å²) in [4.78, 5) is 6.58. The zero-order chi connectivity index (χ0) is 10.7. The summed E-state index contributed by atoms with van der Waals surface area (Å²) in [6.07, 6.45) is 1.87. The molecule has 1 aromatic heterocycles. The average molecular weight is 299 g/mol. The van der Waals surface area contributed by atoms with Crippen molar-refractivity contribution >= 4 is 36.4 Å². The van der Waals surface area contributed by atoms with E-state index in [1.165, 1.54) is 5.56 Å². The highest BCUT2D eigenvalue weighted by molar-refractivity contribution is 6.29. The van der Waals surface area contributed by atoms with Crippen LogP contribution in [0.1, 0.15) is 18.5 Å². The van der Waals surface area contributed by atoms with Crippen molar-refractivity contribution in [2.75, 3.05) is 26.2 Å². The molecule has 0 amide bonds. The Balaban J connectivity index is 0.00000128.